The van der Waals surface area contributed by atoms with E-state index < -0.39 is 11.9 Å². The standard InChI is InChI=1S/C7H5ClO2.C2H4O2/c8-6-3-1-5(2-4-6)7(9)10;1-2(3)4/h1-4H,(H,9,10);1H3,(H,3,4). The van der Waals surface area contributed by atoms with Crippen molar-refractivity contribution in [3.05, 3.63) is 34.9 Å². The van der Waals surface area contributed by atoms with Crippen molar-refractivity contribution in [1.82, 2.24) is 0 Å². The summed E-state index contributed by atoms with van der Waals surface area (Å²) in [5.41, 5.74) is 0.254. The van der Waals surface area contributed by atoms with E-state index in [4.69, 9.17) is 26.6 Å². The molecule has 0 saturated carbocycles. The fourth-order valence-corrected chi connectivity index (χ4v) is 0.718. The first kappa shape index (κ1) is 12.5. The SMILES string of the molecule is CC(=O)O.O=C(O)c1ccc(Cl)cc1. The van der Waals surface area contributed by atoms with Crippen LogP contribution in [0.4, 0.5) is 0 Å². The number of rotatable bonds is 1. The Labute approximate surface area is 85.7 Å². The van der Waals surface area contributed by atoms with Gasteiger partial charge in [0.25, 0.3) is 5.97 Å². The van der Waals surface area contributed by atoms with Gasteiger partial charge in [-0.3, -0.25) is 4.79 Å². The van der Waals surface area contributed by atoms with Crippen LogP contribution in [0.25, 0.3) is 0 Å². The van der Waals surface area contributed by atoms with Crippen molar-refractivity contribution in [2.75, 3.05) is 0 Å². The number of benzene rings is 1. The van der Waals surface area contributed by atoms with E-state index in [1.54, 1.807) is 12.1 Å². The first-order valence-corrected chi connectivity index (χ1v) is 3.99. The highest BCUT2D eigenvalue weighted by atomic mass is 35.5. The molecule has 0 radical (unpaired) electrons. The predicted molar refractivity (Wildman–Crippen MR) is 51.7 cm³/mol. The molecule has 0 aliphatic carbocycles. The number of carbonyl (C=O) groups is 2. The van der Waals surface area contributed by atoms with Crippen molar-refractivity contribution in [3.8, 4) is 0 Å². The summed E-state index contributed by atoms with van der Waals surface area (Å²) in [4.78, 5) is 19.3. The van der Waals surface area contributed by atoms with Crippen LogP contribution in [0.15, 0.2) is 24.3 Å². The van der Waals surface area contributed by atoms with E-state index in [0.717, 1.165) is 6.92 Å². The largest absolute Gasteiger partial charge is 0.481 e. The van der Waals surface area contributed by atoms with Crippen LogP contribution in [0.1, 0.15) is 17.3 Å². The zero-order valence-electron chi connectivity index (χ0n) is 7.40. The molecule has 0 unspecified atom stereocenters. The van der Waals surface area contributed by atoms with Gasteiger partial charge in [0.15, 0.2) is 0 Å². The molecular weight excluding hydrogens is 208 g/mol. The molecule has 1 rings (SSSR count). The molecule has 0 bridgehead atoms. The van der Waals surface area contributed by atoms with Crippen LogP contribution in [0.5, 0.6) is 0 Å². The number of halogens is 1. The minimum absolute atomic E-state index is 0.254. The van der Waals surface area contributed by atoms with Gasteiger partial charge < -0.3 is 10.2 Å². The van der Waals surface area contributed by atoms with Crippen LogP contribution in [0, 0.1) is 0 Å². The van der Waals surface area contributed by atoms with E-state index in [9.17, 15) is 4.79 Å². The van der Waals surface area contributed by atoms with Gasteiger partial charge in [-0.05, 0) is 24.3 Å². The molecule has 0 aliphatic rings. The van der Waals surface area contributed by atoms with Crippen LogP contribution < -0.4 is 0 Å². The van der Waals surface area contributed by atoms with E-state index in [1.165, 1.54) is 12.1 Å². The molecule has 4 nitrogen and oxygen atoms in total. The normalized spacial score (nSPS) is 8.43. The minimum Gasteiger partial charge on any atom is -0.481 e. The van der Waals surface area contributed by atoms with Crippen LogP contribution in [-0.2, 0) is 4.79 Å². The Morgan fingerprint density at radius 3 is 1.79 bits per heavy atom. The average molecular weight is 217 g/mol. The lowest BCUT2D eigenvalue weighted by atomic mass is 10.2. The monoisotopic (exact) mass is 216 g/mol. The second kappa shape index (κ2) is 5.99. The summed E-state index contributed by atoms with van der Waals surface area (Å²) in [6, 6.07) is 6.02. The number of carboxylic acid groups (broad SMARTS) is 2. The van der Waals surface area contributed by atoms with Crippen molar-refractivity contribution in [3.63, 3.8) is 0 Å². The summed E-state index contributed by atoms with van der Waals surface area (Å²) in [6.45, 7) is 1.08. The quantitative estimate of drug-likeness (QED) is 0.754. The number of carboxylic acids is 2. The molecule has 0 aliphatic heterocycles. The number of aromatic carboxylic acids is 1. The molecule has 0 fully saturated rings. The second-order valence-electron chi connectivity index (χ2n) is 2.33. The number of hydrogen-bond donors (Lipinski definition) is 2. The fourth-order valence-electron chi connectivity index (χ4n) is 0.592. The molecule has 14 heavy (non-hydrogen) atoms. The summed E-state index contributed by atoms with van der Waals surface area (Å²) in [7, 11) is 0. The Bertz CT molecular complexity index is 314. The molecule has 0 spiro atoms. The van der Waals surface area contributed by atoms with Crippen LogP contribution in [0.2, 0.25) is 5.02 Å². The zero-order valence-corrected chi connectivity index (χ0v) is 8.15. The Hall–Kier alpha value is -1.55. The molecule has 5 heteroatoms. The lowest BCUT2D eigenvalue weighted by Crippen LogP contribution is -1.94. The maximum Gasteiger partial charge on any atom is 0.335 e. The highest BCUT2D eigenvalue weighted by Crippen LogP contribution is 2.08. The zero-order chi connectivity index (χ0) is 11.1. The highest BCUT2D eigenvalue weighted by molar-refractivity contribution is 6.30. The maximum atomic E-state index is 10.3. The predicted octanol–water partition coefficient (Wildman–Crippen LogP) is 2.13. The van der Waals surface area contributed by atoms with Crippen molar-refractivity contribution in [1.29, 1.82) is 0 Å². The lowest BCUT2D eigenvalue weighted by Gasteiger charge is -1.91. The summed E-state index contributed by atoms with van der Waals surface area (Å²) >= 11 is 5.52. The van der Waals surface area contributed by atoms with Gasteiger partial charge in [0.05, 0.1) is 5.56 Å². The maximum absolute atomic E-state index is 10.3. The smallest absolute Gasteiger partial charge is 0.335 e. The van der Waals surface area contributed by atoms with E-state index in [2.05, 4.69) is 0 Å². The first-order chi connectivity index (χ1) is 6.43. The number of hydrogen-bond acceptors (Lipinski definition) is 2. The topological polar surface area (TPSA) is 74.6 Å². The van der Waals surface area contributed by atoms with Gasteiger partial charge in [0.2, 0.25) is 0 Å². The first-order valence-electron chi connectivity index (χ1n) is 3.62. The Kier molecular flexibility index (Phi) is 5.33. The van der Waals surface area contributed by atoms with E-state index in [-0.39, 0.29) is 5.56 Å². The van der Waals surface area contributed by atoms with Gasteiger partial charge >= 0.3 is 5.97 Å². The van der Waals surface area contributed by atoms with Crippen LogP contribution >= 0.6 is 11.6 Å². The Morgan fingerprint density at radius 2 is 1.50 bits per heavy atom. The third-order valence-electron chi connectivity index (χ3n) is 1.09. The van der Waals surface area contributed by atoms with Crippen molar-refractivity contribution >= 4 is 23.5 Å². The Morgan fingerprint density at radius 1 is 1.14 bits per heavy atom. The second-order valence-corrected chi connectivity index (χ2v) is 2.77. The molecule has 0 heterocycles. The van der Waals surface area contributed by atoms with E-state index in [0.29, 0.717) is 5.02 Å². The molecule has 0 saturated heterocycles. The van der Waals surface area contributed by atoms with Crippen LogP contribution in [-0.4, -0.2) is 22.2 Å². The van der Waals surface area contributed by atoms with Crippen molar-refractivity contribution in [2.24, 2.45) is 0 Å². The van der Waals surface area contributed by atoms with E-state index >= 15 is 0 Å². The van der Waals surface area contributed by atoms with Crippen molar-refractivity contribution in [2.45, 2.75) is 6.92 Å². The minimum atomic E-state index is -0.934. The fraction of sp³-hybridized carbons (Fsp3) is 0.111. The van der Waals surface area contributed by atoms with E-state index in [1.807, 2.05) is 0 Å². The summed E-state index contributed by atoms with van der Waals surface area (Å²) in [6.07, 6.45) is 0. The molecule has 1 aromatic rings. The third-order valence-corrected chi connectivity index (χ3v) is 1.34. The molecule has 1 aromatic carbocycles. The lowest BCUT2D eigenvalue weighted by molar-refractivity contribution is -0.134. The highest BCUT2D eigenvalue weighted by Gasteiger charge is 1.99. The van der Waals surface area contributed by atoms with Gasteiger partial charge in [-0.1, -0.05) is 11.6 Å². The number of aliphatic carboxylic acids is 1. The third kappa shape index (κ3) is 6.02. The summed E-state index contributed by atoms with van der Waals surface area (Å²) in [5, 5.41) is 16.4. The van der Waals surface area contributed by atoms with Gasteiger partial charge in [0, 0.05) is 11.9 Å². The molecular formula is C9H9ClO4. The van der Waals surface area contributed by atoms with Gasteiger partial charge in [-0.2, -0.15) is 0 Å². The summed E-state index contributed by atoms with van der Waals surface area (Å²) < 4.78 is 0. The van der Waals surface area contributed by atoms with Gasteiger partial charge in [-0.15, -0.1) is 0 Å². The van der Waals surface area contributed by atoms with Gasteiger partial charge in [0.1, 0.15) is 0 Å². The molecule has 0 aromatic heterocycles. The molecule has 2 N–H and O–H groups in total. The molecule has 0 amide bonds. The van der Waals surface area contributed by atoms with Gasteiger partial charge in [-0.25, -0.2) is 4.79 Å². The summed E-state index contributed by atoms with van der Waals surface area (Å²) in [5.74, 6) is -1.77. The molecule has 76 valence electrons. The van der Waals surface area contributed by atoms with Crippen LogP contribution in [0.3, 0.4) is 0 Å². The molecule has 0 atom stereocenters. The average Bonchev–Trinajstić information content (AvgIpc) is 2.03. The van der Waals surface area contributed by atoms with Crippen molar-refractivity contribution < 1.29 is 19.8 Å². The Balaban J connectivity index is 0.000000364.